The van der Waals surface area contributed by atoms with E-state index in [-0.39, 0.29) is 28.2 Å². The molecule has 0 saturated carbocycles. The molecule has 0 aliphatic carbocycles. The van der Waals surface area contributed by atoms with Crippen LogP contribution in [0.5, 0.6) is 11.5 Å². The number of benzene rings is 1. The SMILES string of the molecule is COc1cc(CCNC(=O)C(C)SCc2nc3sc(C)c(C)c3c(=O)[nH]2)ccc1OC(F)F. The molecule has 11 heteroatoms. The molecule has 3 aromatic rings. The van der Waals surface area contributed by atoms with Gasteiger partial charge < -0.3 is 19.8 Å². The second-order valence-electron chi connectivity index (χ2n) is 7.33. The van der Waals surface area contributed by atoms with E-state index in [0.29, 0.717) is 34.8 Å². The van der Waals surface area contributed by atoms with Crippen molar-refractivity contribution in [3.8, 4) is 11.5 Å². The second kappa shape index (κ2) is 11.0. The van der Waals surface area contributed by atoms with Crippen LogP contribution in [0.4, 0.5) is 8.78 Å². The Morgan fingerprint density at radius 2 is 2.06 bits per heavy atom. The summed E-state index contributed by atoms with van der Waals surface area (Å²) in [4.78, 5) is 33.9. The first-order valence-corrected chi connectivity index (χ1v) is 12.1. The highest BCUT2D eigenvalue weighted by Crippen LogP contribution is 2.29. The molecule has 178 valence electrons. The van der Waals surface area contributed by atoms with Gasteiger partial charge >= 0.3 is 6.61 Å². The predicted molar refractivity (Wildman–Crippen MR) is 127 cm³/mol. The fourth-order valence-corrected chi connectivity index (χ4v) is 5.01. The van der Waals surface area contributed by atoms with E-state index in [9.17, 15) is 18.4 Å². The number of thiophene rings is 1. The third-order valence-corrected chi connectivity index (χ3v) is 7.34. The van der Waals surface area contributed by atoms with Crippen LogP contribution in [-0.4, -0.2) is 41.4 Å². The average molecular weight is 498 g/mol. The molecule has 0 bridgehead atoms. The maximum Gasteiger partial charge on any atom is 0.387 e. The summed E-state index contributed by atoms with van der Waals surface area (Å²) in [6.45, 7) is 3.10. The number of ether oxygens (including phenoxy) is 2. The molecule has 7 nitrogen and oxygen atoms in total. The number of nitrogens with zero attached hydrogens (tertiary/aromatic N) is 1. The molecule has 0 aliphatic rings. The first-order valence-electron chi connectivity index (χ1n) is 10.2. The van der Waals surface area contributed by atoms with Crippen LogP contribution in [0.25, 0.3) is 10.2 Å². The fourth-order valence-electron chi connectivity index (χ4n) is 3.18. The molecule has 1 atom stereocenters. The Balaban J connectivity index is 1.51. The number of aromatic nitrogens is 2. The number of hydrogen-bond acceptors (Lipinski definition) is 7. The van der Waals surface area contributed by atoms with E-state index in [1.807, 2.05) is 13.8 Å². The number of nitrogens with one attached hydrogen (secondary N) is 2. The van der Waals surface area contributed by atoms with E-state index in [0.717, 1.165) is 16.0 Å². The zero-order valence-corrected chi connectivity index (χ0v) is 20.3. The summed E-state index contributed by atoms with van der Waals surface area (Å²) in [6.07, 6.45) is 0.497. The van der Waals surface area contributed by atoms with Gasteiger partial charge in [0, 0.05) is 11.4 Å². The first kappa shape index (κ1) is 25.0. The van der Waals surface area contributed by atoms with E-state index >= 15 is 0 Å². The highest BCUT2D eigenvalue weighted by molar-refractivity contribution is 7.99. The van der Waals surface area contributed by atoms with Gasteiger partial charge in [-0.2, -0.15) is 8.78 Å². The largest absolute Gasteiger partial charge is 0.493 e. The van der Waals surface area contributed by atoms with Crippen LogP contribution in [0.1, 0.15) is 28.8 Å². The maximum atomic E-state index is 12.4. The first-order chi connectivity index (χ1) is 15.7. The maximum absolute atomic E-state index is 12.4. The van der Waals surface area contributed by atoms with Gasteiger partial charge in [-0.1, -0.05) is 6.07 Å². The molecule has 1 aromatic carbocycles. The third kappa shape index (κ3) is 6.23. The summed E-state index contributed by atoms with van der Waals surface area (Å²) in [5.74, 6) is 0.964. The van der Waals surface area contributed by atoms with Gasteiger partial charge in [-0.3, -0.25) is 9.59 Å². The fraction of sp³-hybridized carbons (Fsp3) is 0.409. The van der Waals surface area contributed by atoms with Crippen LogP contribution in [0.15, 0.2) is 23.0 Å². The topological polar surface area (TPSA) is 93.3 Å². The lowest BCUT2D eigenvalue weighted by atomic mass is 10.1. The molecule has 33 heavy (non-hydrogen) atoms. The monoisotopic (exact) mass is 497 g/mol. The lowest BCUT2D eigenvalue weighted by molar-refractivity contribution is -0.120. The van der Waals surface area contributed by atoms with E-state index in [2.05, 4.69) is 20.0 Å². The molecule has 0 fully saturated rings. The van der Waals surface area contributed by atoms with Gasteiger partial charge in [-0.15, -0.1) is 23.1 Å². The number of rotatable bonds is 10. The van der Waals surface area contributed by atoms with Crippen LogP contribution in [-0.2, 0) is 17.0 Å². The number of carbonyl (C=O) groups excluding carboxylic acids is 1. The number of halogens is 2. The molecule has 2 aromatic heterocycles. The summed E-state index contributed by atoms with van der Waals surface area (Å²) >= 11 is 2.87. The lowest BCUT2D eigenvalue weighted by Gasteiger charge is -2.13. The van der Waals surface area contributed by atoms with Crippen LogP contribution >= 0.6 is 23.1 Å². The Bertz CT molecular complexity index is 1200. The van der Waals surface area contributed by atoms with Gasteiger partial charge in [-0.05, 0) is 50.5 Å². The van der Waals surface area contributed by atoms with E-state index in [4.69, 9.17) is 4.74 Å². The van der Waals surface area contributed by atoms with E-state index in [1.165, 1.54) is 36.3 Å². The van der Waals surface area contributed by atoms with Crippen molar-refractivity contribution >= 4 is 39.2 Å². The smallest absolute Gasteiger partial charge is 0.387 e. The Kier molecular flexibility index (Phi) is 8.30. The molecule has 3 rings (SSSR count). The zero-order chi connectivity index (χ0) is 24.1. The van der Waals surface area contributed by atoms with E-state index < -0.39 is 6.61 Å². The van der Waals surface area contributed by atoms with Crippen molar-refractivity contribution in [2.75, 3.05) is 13.7 Å². The van der Waals surface area contributed by atoms with Gasteiger partial charge in [0.1, 0.15) is 10.7 Å². The van der Waals surface area contributed by atoms with Gasteiger partial charge in [0.15, 0.2) is 11.5 Å². The highest BCUT2D eigenvalue weighted by atomic mass is 32.2. The summed E-state index contributed by atoms with van der Waals surface area (Å²) in [7, 11) is 1.37. The predicted octanol–water partition coefficient (Wildman–Crippen LogP) is 4.19. The molecule has 0 saturated heterocycles. The van der Waals surface area contributed by atoms with Gasteiger partial charge in [-0.25, -0.2) is 4.98 Å². The normalized spacial score (nSPS) is 12.2. The van der Waals surface area contributed by atoms with Gasteiger partial charge in [0.05, 0.1) is 23.5 Å². The van der Waals surface area contributed by atoms with Crippen molar-refractivity contribution < 1.29 is 23.0 Å². The summed E-state index contributed by atoms with van der Waals surface area (Å²) in [5.41, 5.74) is 1.60. The Morgan fingerprint density at radius 1 is 1.30 bits per heavy atom. The Morgan fingerprint density at radius 3 is 2.76 bits per heavy atom. The molecular formula is C22H25F2N3O4S2. The van der Waals surface area contributed by atoms with E-state index in [1.54, 1.807) is 19.1 Å². The average Bonchev–Trinajstić information content (AvgIpc) is 3.06. The van der Waals surface area contributed by atoms with Crippen molar-refractivity contribution in [2.45, 2.75) is 44.8 Å². The summed E-state index contributed by atoms with van der Waals surface area (Å²) in [6, 6.07) is 4.67. The Hall–Kier alpha value is -2.66. The molecule has 2 heterocycles. The molecule has 1 amide bonds. The zero-order valence-electron chi connectivity index (χ0n) is 18.7. The summed E-state index contributed by atoms with van der Waals surface area (Å²) < 4.78 is 34.4. The number of amides is 1. The number of H-pyrrole nitrogens is 1. The number of carbonyl (C=O) groups is 1. The van der Waals surface area contributed by atoms with Gasteiger partial charge in [0.2, 0.25) is 5.91 Å². The molecule has 2 N–H and O–H groups in total. The number of methoxy groups -OCH3 is 1. The molecule has 0 spiro atoms. The third-order valence-electron chi connectivity index (χ3n) is 5.08. The van der Waals surface area contributed by atoms with Crippen molar-refractivity contribution in [3.05, 3.63) is 50.4 Å². The number of hydrogen-bond donors (Lipinski definition) is 2. The summed E-state index contributed by atoms with van der Waals surface area (Å²) in [5, 5.41) is 3.14. The highest BCUT2D eigenvalue weighted by Gasteiger charge is 2.16. The lowest BCUT2D eigenvalue weighted by Crippen LogP contribution is -2.32. The standard InChI is InChI=1S/C22H25F2N3O4S2/c1-11-12(2)33-21-18(11)20(29)26-17(27-21)10-32-13(3)19(28)25-8-7-14-5-6-15(31-22(23)24)16(9-14)30-4/h5-6,9,13,22H,7-8,10H2,1-4H3,(H,25,28)(H,26,27,29). The van der Waals surface area contributed by atoms with Crippen LogP contribution in [0, 0.1) is 13.8 Å². The van der Waals surface area contributed by atoms with Crippen molar-refractivity contribution in [1.29, 1.82) is 0 Å². The van der Waals surface area contributed by atoms with Crippen LogP contribution in [0.2, 0.25) is 0 Å². The molecule has 0 radical (unpaired) electrons. The number of fused-ring (bicyclic) bond motifs is 1. The minimum Gasteiger partial charge on any atom is -0.493 e. The second-order valence-corrected chi connectivity index (χ2v) is 9.87. The Labute approximate surface area is 197 Å². The van der Waals surface area contributed by atoms with Crippen molar-refractivity contribution in [2.24, 2.45) is 0 Å². The van der Waals surface area contributed by atoms with Crippen molar-refractivity contribution in [1.82, 2.24) is 15.3 Å². The van der Waals surface area contributed by atoms with Crippen LogP contribution in [0.3, 0.4) is 0 Å². The minimum absolute atomic E-state index is 0.0389. The number of aryl methyl sites for hydroxylation is 2. The van der Waals surface area contributed by atoms with Gasteiger partial charge in [0.25, 0.3) is 5.56 Å². The number of alkyl halides is 2. The van der Waals surface area contributed by atoms with Crippen molar-refractivity contribution in [3.63, 3.8) is 0 Å². The molecular weight excluding hydrogens is 472 g/mol. The number of thioether (sulfide) groups is 1. The number of aromatic amines is 1. The minimum atomic E-state index is -2.93. The quantitative estimate of drug-likeness (QED) is 0.436. The molecule has 1 unspecified atom stereocenters. The van der Waals surface area contributed by atoms with Crippen LogP contribution < -0.4 is 20.3 Å². The molecule has 0 aliphatic heterocycles.